The fourth-order valence-electron chi connectivity index (χ4n) is 1.57. The van der Waals surface area contributed by atoms with Crippen molar-refractivity contribution in [2.24, 2.45) is 0 Å². The van der Waals surface area contributed by atoms with Crippen LogP contribution in [-0.4, -0.2) is 4.98 Å². The number of hydrogen-bond acceptors (Lipinski definition) is 3. The van der Waals surface area contributed by atoms with E-state index in [1.54, 1.807) is 6.07 Å². The number of nitrogen functional groups attached to an aromatic ring is 1. The van der Waals surface area contributed by atoms with Crippen LogP contribution in [0.2, 0.25) is 0 Å². The molecule has 1 heterocycles. The van der Waals surface area contributed by atoms with E-state index in [2.05, 4.69) is 10.3 Å². The number of pyridine rings is 1. The third-order valence-corrected chi connectivity index (χ3v) is 2.55. The summed E-state index contributed by atoms with van der Waals surface area (Å²) in [4.78, 5) is 3.64. The maximum atomic E-state index is 13.5. The summed E-state index contributed by atoms with van der Waals surface area (Å²) in [7, 11) is 0. The van der Waals surface area contributed by atoms with Gasteiger partial charge in [-0.05, 0) is 24.1 Å². The van der Waals surface area contributed by atoms with Crippen molar-refractivity contribution in [3.05, 3.63) is 47.5 Å². The van der Waals surface area contributed by atoms with Gasteiger partial charge in [-0.25, -0.2) is 13.8 Å². The monoisotopic (exact) mass is 249 g/mol. The summed E-state index contributed by atoms with van der Waals surface area (Å²) in [6.45, 7) is 2.02. The predicted octanol–water partition coefficient (Wildman–Crippen LogP) is 3.25. The topological polar surface area (TPSA) is 50.9 Å². The smallest absolute Gasteiger partial charge is 0.169 e. The molecular weight excluding hydrogens is 236 g/mol. The summed E-state index contributed by atoms with van der Waals surface area (Å²) >= 11 is 0. The van der Waals surface area contributed by atoms with Crippen LogP contribution >= 0.6 is 0 Å². The first-order valence-electron chi connectivity index (χ1n) is 5.57. The summed E-state index contributed by atoms with van der Waals surface area (Å²) in [5, 5.41) is 2.78. The van der Waals surface area contributed by atoms with Crippen molar-refractivity contribution in [2.75, 3.05) is 11.1 Å². The van der Waals surface area contributed by atoms with Crippen LogP contribution in [0.25, 0.3) is 0 Å². The summed E-state index contributed by atoms with van der Waals surface area (Å²) in [6.07, 6.45) is 0.872. The molecule has 0 saturated heterocycles. The van der Waals surface area contributed by atoms with E-state index in [1.165, 1.54) is 0 Å². The zero-order valence-electron chi connectivity index (χ0n) is 9.87. The third kappa shape index (κ3) is 2.56. The molecule has 0 atom stereocenters. The van der Waals surface area contributed by atoms with Crippen molar-refractivity contribution in [3.8, 4) is 0 Å². The Labute approximate surface area is 104 Å². The number of aryl methyl sites for hydroxylation is 1. The predicted molar refractivity (Wildman–Crippen MR) is 67.7 cm³/mol. The Morgan fingerprint density at radius 1 is 1.22 bits per heavy atom. The second-order valence-electron chi connectivity index (χ2n) is 3.86. The van der Waals surface area contributed by atoms with E-state index >= 15 is 0 Å². The molecule has 0 spiro atoms. The Bertz CT molecular complexity index is 570. The molecule has 0 bridgehead atoms. The number of nitrogens with one attached hydrogen (secondary N) is 1. The first-order valence-corrected chi connectivity index (χ1v) is 5.57. The van der Waals surface area contributed by atoms with Gasteiger partial charge in [0, 0.05) is 11.8 Å². The summed E-state index contributed by atoms with van der Waals surface area (Å²) < 4.78 is 26.4. The Morgan fingerprint density at radius 2 is 2.00 bits per heavy atom. The van der Waals surface area contributed by atoms with Crippen molar-refractivity contribution in [1.82, 2.24) is 4.98 Å². The molecule has 0 aliphatic rings. The number of aromatic nitrogens is 1. The Balaban J connectivity index is 2.30. The largest absolute Gasteiger partial charge is 0.381 e. The molecule has 2 aromatic rings. The van der Waals surface area contributed by atoms with Crippen LogP contribution in [0.5, 0.6) is 0 Å². The van der Waals surface area contributed by atoms with E-state index in [1.807, 2.05) is 25.1 Å². The molecule has 18 heavy (non-hydrogen) atoms. The lowest BCUT2D eigenvalue weighted by molar-refractivity contribution is 0.581. The van der Waals surface area contributed by atoms with Crippen LogP contribution in [0.15, 0.2) is 30.3 Å². The van der Waals surface area contributed by atoms with Gasteiger partial charge < -0.3 is 11.1 Å². The van der Waals surface area contributed by atoms with Crippen LogP contribution in [0, 0.1) is 11.6 Å². The van der Waals surface area contributed by atoms with Crippen molar-refractivity contribution in [2.45, 2.75) is 13.3 Å². The van der Waals surface area contributed by atoms with Gasteiger partial charge in [0.2, 0.25) is 0 Å². The minimum atomic E-state index is -0.861. The van der Waals surface area contributed by atoms with Crippen molar-refractivity contribution in [1.29, 1.82) is 0 Å². The molecule has 3 nitrogen and oxygen atoms in total. The molecule has 1 aromatic heterocycles. The van der Waals surface area contributed by atoms with E-state index in [4.69, 9.17) is 5.73 Å². The first-order chi connectivity index (χ1) is 8.60. The van der Waals surface area contributed by atoms with Gasteiger partial charge in [-0.2, -0.15) is 0 Å². The zero-order valence-corrected chi connectivity index (χ0v) is 9.87. The molecule has 94 valence electrons. The van der Waals surface area contributed by atoms with Gasteiger partial charge in [-0.3, -0.25) is 0 Å². The van der Waals surface area contributed by atoms with Gasteiger partial charge in [0.05, 0.1) is 0 Å². The van der Waals surface area contributed by atoms with Crippen molar-refractivity contribution in [3.63, 3.8) is 0 Å². The molecule has 0 unspecified atom stereocenters. The third-order valence-electron chi connectivity index (χ3n) is 2.55. The van der Waals surface area contributed by atoms with E-state index < -0.39 is 11.6 Å². The number of nitrogens with zero attached hydrogens (tertiary/aromatic N) is 1. The van der Waals surface area contributed by atoms with Gasteiger partial charge in [-0.15, -0.1) is 0 Å². The molecule has 0 amide bonds. The van der Waals surface area contributed by atoms with Crippen LogP contribution in [-0.2, 0) is 6.42 Å². The quantitative estimate of drug-likeness (QED) is 0.877. The van der Waals surface area contributed by atoms with Gasteiger partial charge in [0.1, 0.15) is 0 Å². The molecule has 0 radical (unpaired) electrons. The molecule has 0 aliphatic heterocycles. The lowest BCUT2D eigenvalue weighted by atomic mass is 10.1. The standard InChI is InChI=1S/C13H13F2N3/c1-2-8-4-3-5-9(6-8)17-13-11(15)7-10(14)12(16)18-13/h3-7H,2H2,1H3,(H3,16,17,18). The summed E-state index contributed by atoms with van der Waals surface area (Å²) in [6, 6.07) is 8.19. The average Bonchev–Trinajstić information content (AvgIpc) is 2.36. The number of halogens is 2. The Hall–Kier alpha value is -2.17. The molecule has 0 saturated carbocycles. The second kappa shape index (κ2) is 5.00. The lowest BCUT2D eigenvalue weighted by Crippen LogP contribution is -2.03. The van der Waals surface area contributed by atoms with Crippen LogP contribution < -0.4 is 11.1 Å². The van der Waals surface area contributed by atoms with E-state index in [0.29, 0.717) is 11.8 Å². The molecule has 2 rings (SSSR count). The van der Waals surface area contributed by atoms with Gasteiger partial charge in [0.15, 0.2) is 23.3 Å². The molecule has 3 N–H and O–H groups in total. The number of nitrogens with two attached hydrogens (primary N) is 1. The van der Waals surface area contributed by atoms with Crippen molar-refractivity contribution >= 4 is 17.3 Å². The minimum Gasteiger partial charge on any atom is -0.381 e. The van der Waals surface area contributed by atoms with E-state index in [9.17, 15) is 8.78 Å². The highest BCUT2D eigenvalue weighted by atomic mass is 19.1. The zero-order chi connectivity index (χ0) is 13.1. The summed E-state index contributed by atoms with van der Waals surface area (Å²) in [5.41, 5.74) is 7.10. The van der Waals surface area contributed by atoms with E-state index in [-0.39, 0.29) is 11.6 Å². The highest BCUT2D eigenvalue weighted by molar-refractivity contribution is 5.59. The fraction of sp³-hybridized carbons (Fsp3) is 0.154. The Kier molecular flexibility index (Phi) is 3.41. The highest BCUT2D eigenvalue weighted by Gasteiger charge is 2.09. The van der Waals surface area contributed by atoms with E-state index in [0.717, 1.165) is 12.0 Å². The SMILES string of the molecule is CCc1cccc(Nc2nc(N)c(F)cc2F)c1. The first kappa shape index (κ1) is 12.3. The highest BCUT2D eigenvalue weighted by Crippen LogP contribution is 2.21. The molecule has 0 fully saturated rings. The summed E-state index contributed by atoms with van der Waals surface area (Å²) in [5.74, 6) is -2.04. The molecular formula is C13H13F2N3. The van der Waals surface area contributed by atoms with Gasteiger partial charge in [-0.1, -0.05) is 19.1 Å². The van der Waals surface area contributed by atoms with Crippen molar-refractivity contribution < 1.29 is 8.78 Å². The van der Waals surface area contributed by atoms with Crippen LogP contribution in [0.4, 0.5) is 26.1 Å². The van der Waals surface area contributed by atoms with Crippen LogP contribution in [0.3, 0.4) is 0 Å². The number of benzene rings is 1. The minimum absolute atomic E-state index is 0.0813. The number of anilines is 3. The molecule has 5 heteroatoms. The molecule has 0 aliphatic carbocycles. The normalized spacial score (nSPS) is 10.4. The fourth-order valence-corrected chi connectivity index (χ4v) is 1.57. The van der Waals surface area contributed by atoms with Gasteiger partial charge in [0.25, 0.3) is 0 Å². The maximum Gasteiger partial charge on any atom is 0.169 e. The molecule has 1 aromatic carbocycles. The number of rotatable bonds is 3. The lowest BCUT2D eigenvalue weighted by Gasteiger charge is -2.09. The average molecular weight is 249 g/mol. The Morgan fingerprint density at radius 3 is 2.72 bits per heavy atom. The second-order valence-corrected chi connectivity index (χ2v) is 3.86. The van der Waals surface area contributed by atoms with Gasteiger partial charge >= 0.3 is 0 Å². The number of hydrogen-bond donors (Lipinski definition) is 2. The van der Waals surface area contributed by atoms with Crippen LogP contribution in [0.1, 0.15) is 12.5 Å². The maximum absolute atomic E-state index is 13.5.